The Morgan fingerprint density at radius 3 is 2.82 bits per heavy atom. The second-order valence-corrected chi connectivity index (χ2v) is 6.51. The molecule has 1 aliphatic heterocycles. The van der Waals surface area contributed by atoms with Crippen molar-refractivity contribution in [1.82, 2.24) is 14.8 Å². The lowest BCUT2D eigenvalue weighted by molar-refractivity contribution is 0.102. The van der Waals surface area contributed by atoms with Crippen molar-refractivity contribution in [2.45, 2.75) is 6.54 Å². The predicted octanol–water partition coefficient (Wildman–Crippen LogP) is 2.55. The minimum Gasteiger partial charge on any atom is -0.378 e. The maximum Gasteiger partial charge on any atom is 0.255 e. The molecule has 0 aliphatic carbocycles. The van der Waals surface area contributed by atoms with Crippen LogP contribution in [0.4, 0.5) is 15.8 Å². The van der Waals surface area contributed by atoms with Crippen LogP contribution in [0.1, 0.15) is 15.9 Å². The van der Waals surface area contributed by atoms with Gasteiger partial charge in [-0.25, -0.2) is 14.1 Å². The van der Waals surface area contributed by atoms with Crippen molar-refractivity contribution < 1.29 is 13.9 Å². The molecule has 0 atom stereocenters. The fraction of sp³-hybridized carbons (Fsp3) is 0.250. The number of carbonyl (C=O) groups is 1. The van der Waals surface area contributed by atoms with Crippen LogP contribution < -0.4 is 10.2 Å². The molecule has 2 heterocycles. The van der Waals surface area contributed by atoms with Crippen LogP contribution in [-0.2, 0) is 11.3 Å². The monoisotopic (exact) mass is 381 g/mol. The van der Waals surface area contributed by atoms with Crippen LogP contribution in [0.25, 0.3) is 0 Å². The first kappa shape index (κ1) is 18.1. The number of benzene rings is 2. The summed E-state index contributed by atoms with van der Waals surface area (Å²) in [4.78, 5) is 18.5. The van der Waals surface area contributed by atoms with Gasteiger partial charge in [-0.2, -0.15) is 5.10 Å². The molecule has 1 saturated heterocycles. The second-order valence-electron chi connectivity index (χ2n) is 6.51. The molecule has 0 bridgehead atoms. The molecule has 1 aromatic heterocycles. The molecule has 1 N–H and O–H groups in total. The topological polar surface area (TPSA) is 72.3 Å². The van der Waals surface area contributed by atoms with Crippen LogP contribution in [-0.4, -0.2) is 47.0 Å². The van der Waals surface area contributed by atoms with Crippen LogP contribution in [0.15, 0.2) is 55.1 Å². The zero-order chi connectivity index (χ0) is 19.3. The number of anilines is 2. The molecule has 0 unspecified atom stereocenters. The van der Waals surface area contributed by atoms with Crippen LogP contribution in [0.3, 0.4) is 0 Å². The number of nitrogens with one attached hydrogen (secondary N) is 1. The first-order valence-corrected chi connectivity index (χ1v) is 9.04. The van der Waals surface area contributed by atoms with Crippen molar-refractivity contribution in [2.24, 2.45) is 0 Å². The number of aromatic nitrogens is 3. The Morgan fingerprint density at radius 1 is 1.18 bits per heavy atom. The van der Waals surface area contributed by atoms with Gasteiger partial charge < -0.3 is 15.0 Å². The molecule has 0 spiro atoms. The van der Waals surface area contributed by atoms with E-state index in [1.807, 2.05) is 23.1 Å². The fourth-order valence-electron chi connectivity index (χ4n) is 3.15. The fourth-order valence-corrected chi connectivity index (χ4v) is 3.15. The van der Waals surface area contributed by atoms with Crippen molar-refractivity contribution >= 4 is 17.3 Å². The van der Waals surface area contributed by atoms with Gasteiger partial charge in [-0.3, -0.25) is 4.79 Å². The van der Waals surface area contributed by atoms with Gasteiger partial charge in [-0.05, 0) is 35.9 Å². The van der Waals surface area contributed by atoms with Gasteiger partial charge in [0.15, 0.2) is 0 Å². The van der Waals surface area contributed by atoms with Gasteiger partial charge in [0.25, 0.3) is 5.91 Å². The summed E-state index contributed by atoms with van der Waals surface area (Å²) in [6.45, 7) is 2.90. The van der Waals surface area contributed by atoms with E-state index in [4.69, 9.17) is 4.74 Å². The molecule has 1 amide bonds. The first-order valence-electron chi connectivity index (χ1n) is 9.04. The predicted molar refractivity (Wildman–Crippen MR) is 103 cm³/mol. The lowest BCUT2D eigenvalue weighted by Crippen LogP contribution is -2.36. The maximum atomic E-state index is 14.2. The normalized spacial score (nSPS) is 14.1. The van der Waals surface area contributed by atoms with E-state index in [9.17, 15) is 9.18 Å². The SMILES string of the molecule is O=C(Nc1ccc(F)c(N2CCOCC2)c1)c1cccc(Cn2cncn2)c1. The maximum absolute atomic E-state index is 14.2. The van der Waals surface area contributed by atoms with Crippen LogP contribution in [0, 0.1) is 5.82 Å². The zero-order valence-electron chi connectivity index (χ0n) is 15.2. The van der Waals surface area contributed by atoms with Crippen LogP contribution in [0.5, 0.6) is 0 Å². The van der Waals surface area contributed by atoms with E-state index in [1.54, 1.807) is 29.2 Å². The molecule has 1 aliphatic rings. The quantitative estimate of drug-likeness (QED) is 0.735. The van der Waals surface area contributed by atoms with E-state index in [0.29, 0.717) is 49.8 Å². The number of rotatable bonds is 5. The first-order chi connectivity index (χ1) is 13.7. The van der Waals surface area contributed by atoms with Crippen molar-refractivity contribution in [3.8, 4) is 0 Å². The van der Waals surface area contributed by atoms with Gasteiger partial charge in [-0.1, -0.05) is 12.1 Å². The average molecular weight is 381 g/mol. The van der Waals surface area contributed by atoms with Gasteiger partial charge in [0, 0.05) is 24.3 Å². The molecule has 28 heavy (non-hydrogen) atoms. The lowest BCUT2D eigenvalue weighted by atomic mass is 10.1. The van der Waals surface area contributed by atoms with Gasteiger partial charge in [0.1, 0.15) is 18.5 Å². The number of hydrogen-bond donors (Lipinski definition) is 1. The van der Waals surface area contributed by atoms with Gasteiger partial charge in [0.05, 0.1) is 25.4 Å². The Kier molecular flexibility index (Phi) is 5.29. The molecule has 8 heteroatoms. The Labute approximate surface area is 161 Å². The Balaban J connectivity index is 1.49. The smallest absolute Gasteiger partial charge is 0.255 e. The minimum atomic E-state index is -0.310. The Hall–Kier alpha value is -3.26. The second kappa shape index (κ2) is 8.18. The molecular weight excluding hydrogens is 361 g/mol. The summed E-state index contributed by atoms with van der Waals surface area (Å²) in [6, 6.07) is 11.9. The average Bonchev–Trinajstić information content (AvgIpc) is 3.23. The zero-order valence-corrected chi connectivity index (χ0v) is 15.2. The molecule has 0 radical (unpaired) electrons. The summed E-state index contributed by atoms with van der Waals surface area (Å²) in [5, 5.41) is 6.92. The summed E-state index contributed by atoms with van der Waals surface area (Å²) >= 11 is 0. The minimum absolute atomic E-state index is 0.250. The van der Waals surface area contributed by atoms with E-state index in [-0.39, 0.29) is 11.7 Å². The number of morpholine rings is 1. The molecule has 7 nitrogen and oxygen atoms in total. The molecular formula is C20H20FN5O2. The highest BCUT2D eigenvalue weighted by Crippen LogP contribution is 2.25. The summed E-state index contributed by atoms with van der Waals surface area (Å²) in [5.74, 6) is -0.560. The molecule has 3 aromatic rings. The third kappa shape index (κ3) is 4.17. The number of amides is 1. The van der Waals surface area contributed by atoms with Gasteiger partial charge >= 0.3 is 0 Å². The molecule has 1 fully saturated rings. The van der Waals surface area contributed by atoms with Gasteiger partial charge in [0.2, 0.25) is 0 Å². The van der Waals surface area contributed by atoms with Crippen molar-refractivity contribution in [3.05, 3.63) is 72.1 Å². The van der Waals surface area contributed by atoms with Crippen molar-refractivity contribution in [3.63, 3.8) is 0 Å². The summed E-state index contributed by atoms with van der Waals surface area (Å²) < 4.78 is 21.2. The highest BCUT2D eigenvalue weighted by molar-refractivity contribution is 6.04. The highest BCUT2D eigenvalue weighted by Gasteiger charge is 2.16. The Morgan fingerprint density at radius 2 is 2.04 bits per heavy atom. The summed E-state index contributed by atoms with van der Waals surface area (Å²) in [7, 11) is 0. The van der Waals surface area contributed by atoms with Gasteiger partial charge in [-0.15, -0.1) is 0 Å². The molecule has 4 rings (SSSR count). The Bertz CT molecular complexity index is 955. The van der Waals surface area contributed by atoms with E-state index in [0.717, 1.165) is 5.56 Å². The third-order valence-corrected chi connectivity index (χ3v) is 4.56. The number of hydrogen-bond acceptors (Lipinski definition) is 5. The van der Waals surface area contributed by atoms with Crippen LogP contribution in [0.2, 0.25) is 0 Å². The third-order valence-electron chi connectivity index (χ3n) is 4.56. The van der Waals surface area contributed by atoms with Crippen LogP contribution >= 0.6 is 0 Å². The number of nitrogens with zero attached hydrogens (tertiary/aromatic N) is 4. The number of ether oxygens (including phenoxy) is 1. The standard InChI is InChI=1S/C20H20FN5O2/c21-18-5-4-17(11-19(18)25-6-8-28-9-7-25)24-20(27)16-3-1-2-15(10-16)12-26-14-22-13-23-26/h1-5,10-11,13-14H,6-9,12H2,(H,24,27). The van der Waals surface area contributed by atoms with E-state index in [1.165, 1.54) is 12.4 Å². The largest absolute Gasteiger partial charge is 0.378 e. The molecule has 2 aromatic carbocycles. The number of carbonyl (C=O) groups excluding carboxylic acids is 1. The number of halogens is 1. The van der Waals surface area contributed by atoms with E-state index < -0.39 is 0 Å². The summed E-state index contributed by atoms with van der Waals surface area (Å²) in [6.07, 6.45) is 3.09. The van der Waals surface area contributed by atoms with E-state index in [2.05, 4.69) is 15.4 Å². The van der Waals surface area contributed by atoms with Crippen molar-refractivity contribution in [1.29, 1.82) is 0 Å². The molecule has 144 valence electrons. The molecule has 0 saturated carbocycles. The lowest BCUT2D eigenvalue weighted by Gasteiger charge is -2.29. The van der Waals surface area contributed by atoms with E-state index >= 15 is 0 Å². The highest BCUT2D eigenvalue weighted by atomic mass is 19.1. The van der Waals surface area contributed by atoms with Crippen molar-refractivity contribution in [2.75, 3.05) is 36.5 Å². The summed E-state index contributed by atoms with van der Waals surface area (Å²) in [5.41, 5.74) is 2.48.